The molecule has 0 aliphatic heterocycles. The highest BCUT2D eigenvalue weighted by atomic mass is 79.9. The van der Waals surface area contributed by atoms with Gasteiger partial charge in [0.05, 0.1) is 4.47 Å². The van der Waals surface area contributed by atoms with Gasteiger partial charge in [0, 0.05) is 6.92 Å². The molecule has 1 aromatic heterocycles. The third-order valence-electron chi connectivity index (χ3n) is 1.55. The van der Waals surface area contributed by atoms with Gasteiger partial charge < -0.3 is 4.52 Å². The van der Waals surface area contributed by atoms with Gasteiger partial charge >= 0.3 is 0 Å². The molecule has 0 saturated heterocycles. The summed E-state index contributed by atoms with van der Waals surface area (Å²) in [5.41, 5.74) is -0.0137. The molecule has 6 nitrogen and oxygen atoms in total. The van der Waals surface area contributed by atoms with E-state index in [-0.39, 0.29) is 5.69 Å². The van der Waals surface area contributed by atoms with Crippen molar-refractivity contribution in [2.45, 2.75) is 13.8 Å². The summed E-state index contributed by atoms with van der Waals surface area (Å²) in [7, 11) is 0. The van der Waals surface area contributed by atoms with Crippen LogP contribution in [0.15, 0.2) is 9.00 Å². The summed E-state index contributed by atoms with van der Waals surface area (Å²) >= 11 is 3.10. The SMILES string of the molecule is CC(=O)N(N)C(=O)c1noc(C)c1Br. The first-order chi connectivity index (χ1) is 6.45. The van der Waals surface area contributed by atoms with Crippen molar-refractivity contribution in [2.75, 3.05) is 0 Å². The number of hydrogen-bond acceptors (Lipinski definition) is 5. The van der Waals surface area contributed by atoms with Crippen molar-refractivity contribution in [3.05, 3.63) is 15.9 Å². The van der Waals surface area contributed by atoms with Crippen LogP contribution in [-0.2, 0) is 4.79 Å². The molecule has 1 aromatic rings. The van der Waals surface area contributed by atoms with Gasteiger partial charge in [-0.15, -0.1) is 0 Å². The molecule has 76 valence electrons. The number of rotatable bonds is 1. The number of hydrazine groups is 1. The van der Waals surface area contributed by atoms with E-state index in [4.69, 9.17) is 10.4 Å². The second-order valence-corrected chi connectivity index (χ2v) is 3.39. The minimum absolute atomic E-state index is 0.0137. The van der Waals surface area contributed by atoms with Gasteiger partial charge in [-0.1, -0.05) is 5.16 Å². The molecule has 0 fully saturated rings. The fourth-order valence-corrected chi connectivity index (χ4v) is 1.07. The van der Waals surface area contributed by atoms with Crippen LogP contribution in [0.3, 0.4) is 0 Å². The summed E-state index contributed by atoms with van der Waals surface area (Å²) in [5.74, 6) is 4.38. The fourth-order valence-electron chi connectivity index (χ4n) is 0.751. The van der Waals surface area contributed by atoms with Crippen molar-refractivity contribution in [1.82, 2.24) is 10.2 Å². The molecule has 14 heavy (non-hydrogen) atoms. The molecule has 1 rings (SSSR count). The minimum Gasteiger partial charge on any atom is -0.360 e. The lowest BCUT2D eigenvalue weighted by Gasteiger charge is -2.09. The van der Waals surface area contributed by atoms with E-state index in [0.29, 0.717) is 15.2 Å². The lowest BCUT2D eigenvalue weighted by molar-refractivity contribution is -0.126. The van der Waals surface area contributed by atoms with Gasteiger partial charge in [-0.05, 0) is 22.9 Å². The minimum atomic E-state index is -0.707. The maximum Gasteiger partial charge on any atom is 0.298 e. The van der Waals surface area contributed by atoms with Gasteiger partial charge in [0.25, 0.3) is 5.91 Å². The van der Waals surface area contributed by atoms with Gasteiger partial charge in [-0.2, -0.15) is 0 Å². The standard InChI is InChI=1S/C7H8BrN3O3/c1-3-5(8)6(10-14-3)7(13)11(9)4(2)12/h9H2,1-2H3. The molecule has 0 aliphatic rings. The largest absolute Gasteiger partial charge is 0.360 e. The predicted molar refractivity (Wildman–Crippen MR) is 50.0 cm³/mol. The normalized spacial score (nSPS) is 10.0. The molecule has 1 heterocycles. The Kier molecular flexibility index (Phi) is 3.02. The van der Waals surface area contributed by atoms with Crippen LogP contribution in [0, 0.1) is 6.92 Å². The first-order valence-corrected chi connectivity index (χ1v) is 4.46. The molecule has 0 aromatic carbocycles. The highest BCUT2D eigenvalue weighted by Gasteiger charge is 2.23. The smallest absolute Gasteiger partial charge is 0.298 e. The van der Waals surface area contributed by atoms with E-state index in [1.807, 2.05) is 0 Å². The van der Waals surface area contributed by atoms with Crippen LogP contribution in [0.25, 0.3) is 0 Å². The van der Waals surface area contributed by atoms with Crippen LogP contribution in [-0.4, -0.2) is 22.0 Å². The van der Waals surface area contributed by atoms with Crippen LogP contribution in [0.5, 0.6) is 0 Å². The zero-order valence-electron chi connectivity index (χ0n) is 7.57. The highest BCUT2D eigenvalue weighted by Crippen LogP contribution is 2.20. The Morgan fingerprint density at radius 1 is 1.57 bits per heavy atom. The summed E-state index contributed by atoms with van der Waals surface area (Å²) in [4.78, 5) is 22.2. The highest BCUT2D eigenvalue weighted by molar-refractivity contribution is 9.10. The van der Waals surface area contributed by atoms with E-state index < -0.39 is 11.8 Å². The predicted octanol–water partition coefficient (Wildman–Crippen LogP) is 0.608. The molecule has 7 heteroatoms. The zero-order chi connectivity index (χ0) is 10.9. The van der Waals surface area contributed by atoms with Crippen molar-refractivity contribution in [2.24, 2.45) is 5.84 Å². The average molecular weight is 262 g/mol. The molecule has 0 spiro atoms. The Morgan fingerprint density at radius 3 is 2.50 bits per heavy atom. The van der Waals surface area contributed by atoms with Crippen molar-refractivity contribution >= 4 is 27.7 Å². The molecule has 0 saturated carbocycles. The number of aromatic nitrogens is 1. The molecule has 0 atom stereocenters. The van der Waals surface area contributed by atoms with Gasteiger partial charge in [0.1, 0.15) is 5.76 Å². The number of nitrogens with two attached hydrogens (primary N) is 1. The number of carbonyl (C=O) groups is 2. The van der Waals surface area contributed by atoms with E-state index in [1.54, 1.807) is 6.92 Å². The Balaban J connectivity index is 3.01. The topological polar surface area (TPSA) is 89.4 Å². The Morgan fingerprint density at radius 2 is 2.14 bits per heavy atom. The third-order valence-corrected chi connectivity index (χ3v) is 2.49. The summed E-state index contributed by atoms with van der Waals surface area (Å²) in [5, 5.41) is 3.95. The number of nitrogens with zero attached hydrogens (tertiary/aromatic N) is 2. The van der Waals surface area contributed by atoms with Crippen molar-refractivity contribution in [3.8, 4) is 0 Å². The van der Waals surface area contributed by atoms with Crippen LogP contribution in [0.1, 0.15) is 23.2 Å². The first kappa shape index (κ1) is 10.9. The summed E-state index contributed by atoms with van der Waals surface area (Å²) in [6.07, 6.45) is 0. The van der Waals surface area contributed by atoms with Crippen molar-refractivity contribution in [3.63, 3.8) is 0 Å². The molecule has 0 bridgehead atoms. The fraction of sp³-hybridized carbons (Fsp3) is 0.286. The molecule has 0 radical (unpaired) electrons. The molecular weight excluding hydrogens is 254 g/mol. The average Bonchev–Trinajstić information content (AvgIpc) is 2.45. The number of halogens is 1. The summed E-state index contributed by atoms with van der Waals surface area (Å²) in [6, 6.07) is 0. The van der Waals surface area contributed by atoms with E-state index in [0.717, 1.165) is 0 Å². The van der Waals surface area contributed by atoms with E-state index >= 15 is 0 Å². The number of amides is 2. The molecular formula is C7H8BrN3O3. The first-order valence-electron chi connectivity index (χ1n) is 3.66. The van der Waals surface area contributed by atoms with E-state index in [9.17, 15) is 9.59 Å². The van der Waals surface area contributed by atoms with E-state index in [2.05, 4.69) is 21.1 Å². The molecule has 0 unspecified atom stereocenters. The Hall–Kier alpha value is -1.21. The number of imide groups is 1. The summed E-state index contributed by atoms with van der Waals surface area (Å²) < 4.78 is 5.14. The summed E-state index contributed by atoms with van der Waals surface area (Å²) in [6.45, 7) is 2.81. The maximum absolute atomic E-state index is 11.4. The van der Waals surface area contributed by atoms with Crippen LogP contribution < -0.4 is 5.84 Å². The molecule has 2 N–H and O–H groups in total. The molecule has 2 amide bonds. The lowest BCUT2D eigenvalue weighted by atomic mass is 10.3. The maximum atomic E-state index is 11.4. The lowest BCUT2D eigenvalue weighted by Crippen LogP contribution is -2.41. The third kappa shape index (κ3) is 1.83. The van der Waals surface area contributed by atoms with Crippen molar-refractivity contribution in [1.29, 1.82) is 0 Å². The Labute approximate surface area is 88.1 Å². The van der Waals surface area contributed by atoms with Gasteiger partial charge in [-0.3, -0.25) is 9.59 Å². The zero-order valence-corrected chi connectivity index (χ0v) is 9.16. The van der Waals surface area contributed by atoms with Gasteiger partial charge in [-0.25, -0.2) is 10.9 Å². The van der Waals surface area contributed by atoms with Gasteiger partial charge in [0.2, 0.25) is 5.91 Å². The number of aryl methyl sites for hydroxylation is 1. The second-order valence-electron chi connectivity index (χ2n) is 2.60. The van der Waals surface area contributed by atoms with Crippen LogP contribution >= 0.6 is 15.9 Å². The number of hydrogen-bond donors (Lipinski definition) is 1. The quantitative estimate of drug-likeness (QED) is 0.455. The monoisotopic (exact) mass is 261 g/mol. The number of carbonyl (C=O) groups excluding carboxylic acids is 2. The van der Waals surface area contributed by atoms with Crippen LogP contribution in [0.4, 0.5) is 0 Å². The Bertz CT molecular complexity index is 388. The van der Waals surface area contributed by atoms with Crippen molar-refractivity contribution < 1.29 is 14.1 Å². The van der Waals surface area contributed by atoms with Crippen LogP contribution in [0.2, 0.25) is 0 Å². The van der Waals surface area contributed by atoms with Gasteiger partial charge in [0.15, 0.2) is 5.69 Å². The van der Waals surface area contributed by atoms with E-state index in [1.165, 1.54) is 6.92 Å². The second kappa shape index (κ2) is 3.89. The molecule has 0 aliphatic carbocycles.